The van der Waals surface area contributed by atoms with Crippen LogP contribution in [0, 0.1) is 20.8 Å². The first-order valence-corrected chi connectivity index (χ1v) is 8.43. The number of aryl methyl sites for hydroxylation is 3. The highest BCUT2D eigenvalue weighted by Crippen LogP contribution is 2.22. The third kappa shape index (κ3) is 2.80. The number of morpholine rings is 1. The first kappa shape index (κ1) is 15.8. The van der Waals surface area contributed by atoms with E-state index < -0.39 is 0 Å². The van der Waals surface area contributed by atoms with Crippen LogP contribution >= 0.6 is 0 Å². The van der Waals surface area contributed by atoms with Crippen LogP contribution in [0.2, 0.25) is 0 Å². The van der Waals surface area contributed by atoms with Crippen molar-refractivity contribution in [1.82, 2.24) is 19.7 Å². The Morgan fingerprint density at radius 3 is 2.48 bits per heavy atom. The highest BCUT2D eigenvalue weighted by Gasteiger charge is 2.17. The third-order valence-electron chi connectivity index (χ3n) is 4.55. The Labute approximate surface area is 145 Å². The summed E-state index contributed by atoms with van der Waals surface area (Å²) in [5.74, 6) is 0.559. The number of nitrogens with zero attached hydrogens (tertiary/aromatic N) is 4. The second-order valence-corrected chi connectivity index (χ2v) is 6.55. The van der Waals surface area contributed by atoms with Crippen molar-refractivity contribution in [3.63, 3.8) is 0 Å². The Morgan fingerprint density at radius 1 is 1.12 bits per heavy atom. The van der Waals surface area contributed by atoms with Crippen LogP contribution < -0.4 is 10.5 Å². The van der Waals surface area contributed by atoms with Crippen LogP contribution in [0.5, 0.6) is 0 Å². The van der Waals surface area contributed by atoms with Gasteiger partial charge in [-0.05, 0) is 31.9 Å². The van der Waals surface area contributed by atoms with Gasteiger partial charge in [-0.15, -0.1) is 5.10 Å². The first-order valence-electron chi connectivity index (χ1n) is 8.43. The molecule has 0 amide bonds. The smallest absolute Gasteiger partial charge is 0.263 e. The van der Waals surface area contributed by atoms with Crippen LogP contribution in [0.1, 0.15) is 16.7 Å². The summed E-state index contributed by atoms with van der Waals surface area (Å²) in [5.41, 5.74) is 4.74. The molecule has 1 aliphatic heterocycles. The fourth-order valence-electron chi connectivity index (χ4n) is 3.48. The molecule has 1 aliphatic rings. The van der Waals surface area contributed by atoms with Crippen LogP contribution in [0.4, 0.5) is 5.95 Å². The Balaban J connectivity index is 1.83. The molecule has 7 heteroatoms. The zero-order chi connectivity index (χ0) is 17.6. The van der Waals surface area contributed by atoms with Gasteiger partial charge < -0.3 is 9.64 Å². The van der Waals surface area contributed by atoms with E-state index in [0.29, 0.717) is 43.3 Å². The van der Waals surface area contributed by atoms with Crippen LogP contribution in [0.15, 0.2) is 23.1 Å². The molecule has 0 spiro atoms. The molecule has 0 unspecified atom stereocenters. The van der Waals surface area contributed by atoms with E-state index in [-0.39, 0.29) is 5.56 Å². The van der Waals surface area contributed by atoms with E-state index in [1.807, 2.05) is 4.90 Å². The van der Waals surface area contributed by atoms with Gasteiger partial charge in [-0.2, -0.15) is 4.98 Å². The topological polar surface area (TPSA) is 76.0 Å². The first-order chi connectivity index (χ1) is 12.0. The molecule has 1 aromatic carbocycles. The number of aromatic amines is 1. The summed E-state index contributed by atoms with van der Waals surface area (Å²) < 4.78 is 7.12. The molecule has 2 aromatic heterocycles. The summed E-state index contributed by atoms with van der Waals surface area (Å²) in [6.07, 6.45) is 1.76. The number of fused-ring (bicyclic) bond motifs is 1. The minimum atomic E-state index is -0.167. The molecule has 3 heterocycles. The second kappa shape index (κ2) is 6.00. The van der Waals surface area contributed by atoms with Crippen molar-refractivity contribution < 1.29 is 4.74 Å². The lowest BCUT2D eigenvalue weighted by Gasteiger charge is -2.26. The quantitative estimate of drug-likeness (QED) is 0.771. The van der Waals surface area contributed by atoms with Crippen molar-refractivity contribution in [2.75, 3.05) is 31.2 Å². The molecule has 0 aliphatic carbocycles. The lowest BCUT2D eigenvalue weighted by Crippen LogP contribution is -2.38. The molecule has 1 N–H and O–H groups in total. The standard InChI is InChI=1S/C18H21N5O2/c1-11-8-12(2)15(13(3)9-11)23-10-14-16(21-23)19-18(20-17(14)24)22-4-6-25-7-5-22/h8-10H,4-7H2,1-3H3,(H,19,20,21,24). The molecule has 0 saturated carbocycles. The van der Waals surface area contributed by atoms with Crippen molar-refractivity contribution in [2.45, 2.75) is 20.8 Å². The molecule has 4 rings (SSSR count). The normalized spacial score (nSPS) is 15.1. The predicted octanol–water partition coefficient (Wildman–Crippen LogP) is 1.87. The molecule has 7 nitrogen and oxygen atoms in total. The van der Waals surface area contributed by atoms with Crippen LogP contribution in [-0.4, -0.2) is 46.1 Å². The maximum atomic E-state index is 12.5. The Morgan fingerprint density at radius 2 is 1.80 bits per heavy atom. The van der Waals surface area contributed by atoms with E-state index in [1.165, 1.54) is 5.56 Å². The Kier molecular flexibility index (Phi) is 3.80. The van der Waals surface area contributed by atoms with Crippen LogP contribution in [0.3, 0.4) is 0 Å². The van der Waals surface area contributed by atoms with Crippen molar-refractivity contribution in [2.24, 2.45) is 0 Å². The number of hydrogen-bond acceptors (Lipinski definition) is 5. The van der Waals surface area contributed by atoms with E-state index in [9.17, 15) is 4.79 Å². The highest BCUT2D eigenvalue weighted by atomic mass is 16.5. The van der Waals surface area contributed by atoms with Gasteiger partial charge in [0.05, 0.1) is 18.9 Å². The molecule has 1 fully saturated rings. The minimum Gasteiger partial charge on any atom is -0.378 e. The van der Waals surface area contributed by atoms with Crippen molar-refractivity contribution in [3.05, 3.63) is 45.4 Å². The number of aromatic nitrogens is 4. The fraction of sp³-hybridized carbons (Fsp3) is 0.389. The summed E-state index contributed by atoms with van der Waals surface area (Å²) in [6.45, 7) is 8.88. The van der Waals surface area contributed by atoms with Gasteiger partial charge in [-0.3, -0.25) is 9.78 Å². The van der Waals surface area contributed by atoms with Crippen molar-refractivity contribution >= 4 is 17.0 Å². The molecule has 130 valence electrons. The molecule has 25 heavy (non-hydrogen) atoms. The van der Waals surface area contributed by atoms with E-state index in [1.54, 1.807) is 10.9 Å². The number of rotatable bonds is 2. The number of nitrogens with one attached hydrogen (secondary N) is 1. The number of H-pyrrole nitrogens is 1. The monoisotopic (exact) mass is 339 g/mol. The van der Waals surface area contributed by atoms with Gasteiger partial charge in [0.15, 0.2) is 5.65 Å². The van der Waals surface area contributed by atoms with Crippen molar-refractivity contribution in [3.8, 4) is 5.69 Å². The summed E-state index contributed by atoms with van der Waals surface area (Å²) in [5, 5.41) is 5.07. The average Bonchev–Trinajstić information content (AvgIpc) is 2.99. The Hall–Kier alpha value is -2.67. The Bertz CT molecular complexity index is 975. The van der Waals surface area contributed by atoms with Gasteiger partial charge >= 0.3 is 0 Å². The third-order valence-corrected chi connectivity index (χ3v) is 4.55. The maximum absolute atomic E-state index is 12.5. The van der Waals surface area contributed by atoms with Crippen LogP contribution in [-0.2, 0) is 4.74 Å². The number of ether oxygens (including phenoxy) is 1. The number of anilines is 1. The second-order valence-electron chi connectivity index (χ2n) is 6.55. The molecular weight excluding hydrogens is 318 g/mol. The molecular formula is C18H21N5O2. The molecule has 3 aromatic rings. The van der Waals surface area contributed by atoms with E-state index in [4.69, 9.17) is 4.74 Å². The zero-order valence-corrected chi connectivity index (χ0v) is 14.7. The summed E-state index contributed by atoms with van der Waals surface area (Å²) in [4.78, 5) is 22.0. The highest BCUT2D eigenvalue weighted by molar-refractivity contribution is 5.75. The molecule has 0 atom stereocenters. The lowest BCUT2D eigenvalue weighted by molar-refractivity contribution is 0.122. The minimum absolute atomic E-state index is 0.167. The van der Waals surface area contributed by atoms with E-state index in [2.05, 4.69) is 48.0 Å². The fourth-order valence-corrected chi connectivity index (χ4v) is 3.48. The maximum Gasteiger partial charge on any atom is 0.263 e. The largest absolute Gasteiger partial charge is 0.378 e. The lowest BCUT2D eigenvalue weighted by atomic mass is 10.1. The van der Waals surface area contributed by atoms with Crippen LogP contribution in [0.25, 0.3) is 16.7 Å². The zero-order valence-electron chi connectivity index (χ0n) is 14.7. The van der Waals surface area contributed by atoms with Crippen molar-refractivity contribution in [1.29, 1.82) is 0 Å². The molecule has 0 bridgehead atoms. The average molecular weight is 339 g/mol. The predicted molar refractivity (Wildman–Crippen MR) is 96.7 cm³/mol. The van der Waals surface area contributed by atoms with Gasteiger partial charge in [-0.25, -0.2) is 4.68 Å². The van der Waals surface area contributed by atoms with Gasteiger partial charge in [0.25, 0.3) is 5.56 Å². The summed E-state index contributed by atoms with van der Waals surface area (Å²) in [6, 6.07) is 4.23. The summed E-state index contributed by atoms with van der Waals surface area (Å²) >= 11 is 0. The number of benzene rings is 1. The van der Waals surface area contributed by atoms with Gasteiger partial charge in [0.1, 0.15) is 5.39 Å². The molecule has 0 radical (unpaired) electrons. The van der Waals surface area contributed by atoms with Gasteiger partial charge in [0.2, 0.25) is 5.95 Å². The summed E-state index contributed by atoms with van der Waals surface area (Å²) in [7, 11) is 0. The SMILES string of the molecule is Cc1cc(C)c(-n2cc3c(=O)[nH]c(N4CCOCC4)nc3n2)c(C)c1. The van der Waals surface area contributed by atoms with Gasteiger partial charge in [-0.1, -0.05) is 17.7 Å². The van der Waals surface area contributed by atoms with E-state index >= 15 is 0 Å². The molecule has 1 saturated heterocycles. The van der Waals surface area contributed by atoms with E-state index in [0.717, 1.165) is 16.8 Å². The van der Waals surface area contributed by atoms with Gasteiger partial charge in [0, 0.05) is 19.3 Å². The number of hydrogen-bond donors (Lipinski definition) is 1.